The number of carboxylic acid groups (broad SMARTS) is 1. The summed E-state index contributed by atoms with van der Waals surface area (Å²) in [6.07, 6.45) is 1.88. The smallest absolute Gasteiger partial charge is 0.334 e. The quantitative estimate of drug-likeness (QED) is 0.623. The molecule has 0 aliphatic rings. The first-order chi connectivity index (χ1) is 8.63. The fourth-order valence-electron chi connectivity index (χ4n) is 1.11. The third-order valence-corrected chi connectivity index (χ3v) is 2.08. The van der Waals surface area contributed by atoms with Crippen molar-refractivity contribution in [1.29, 1.82) is 0 Å². The van der Waals surface area contributed by atoms with Crippen LogP contribution in [0.3, 0.4) is 0 Å². The second kappa shape index (κ2) is 7.17. The monoisotopic (exact) mass is 254 g/mol. The second-order valence-corrected chi connectivity index (χ2v) is 3.33. The van der Waals surface area contributed by atoms with Gasteiger partial charge in [0.2, 0.25) is 0 Å². The Balaban J connectivity index is 2.28. The first-order valence-corrected chi connectivity index (χ1v) is 5.15. The highest BCUT2D eigenvalue weighted by molar-refractivity contribution is 5.76. The van der Waals surface area contributed by atoms with Gasteiger partial charge in [-0.1, -0.05) is 0 Å². The molecule has 1 heterocycles. The summed E-state index contributed by atoms with van der Waals surface area (Å²) in [5.74, 6) is -1.13. The minimum absolute atomic E-state index is 0.110. The highest BCUT2D eigenvalue weighted by Crippen LogP contribution is 1.90. The average molecular weight is 254 g/mol. The number of nitrogens with one attached hydrogen (secondary N) is 2. The van der Waals surface area contributed by atoms with E-state index in [1.807, 2.05) is 0 Å². The number of aromatic nitrogens is 2. The number of hydrogen-bond acceptors (Lipinski definition) is 5. The molecule has 8 nitrogen and oxygen atoms in total. The first kappa shape index (κ1) is 13.8. The number of ether oxygens (including phenoxy) is 1. The SMILES string of the molecule is COC(CNC(=O)NCc1ccncn1)C(=O)O. The number of rotatable bonds is 6. The molecule has 18 heavy (non-hydrogen) atoms. The van der Waals surface area contributed by atoms with Crippen LogP contribution in [0.25, 0.3) is 0 Å². The summed E-state index contributed by atoms with van der Waals surface area (Å²) in [5, 5.41) is 13.6. The standard InChI is InChI=1S/C10H14N4O4/c1-18-8(9(15)16)5-13-10(17)12-4-7-2-3-11-6-14-7/h2-3,6,8H,4-5H2,1H3,(H,15,16)(H2,12,13,17). The molecule has 98 valence electrons. The summed E-state index contributed by atoms with van der Waals surface area (Å²) in [7, 11) is 1.26. The van der Waals surface area contributed by atoms with Crippen LogP contribution in [-0.2, 0) is 16.1 Å². The number of carboxylic acids is 1. The number of nitrogens with zero attached hydrogens (tertiary/aromatic N) is 2. The van der Waals surface area contributed by atoms with E-state index >= 15 is 0 Å². The zero-order chi connectivity index (χ0) is 13.4. The summed E-state index contributed by atoms with van der Waals surface area (Å²) in [5.41, 5.74) is 0.654. The van der Waals surface area contributed by atoms with Gasteiger partial charge >= 0.3 is 12.0 Å². The first-order valence-electron chi connectivity index (χ1n) is 5.15. The maximum Gasteiger partial charge on any atom is 0.334 e. The number of carbonyl (C=O) groups excluding carboxylic acids is 1. The topological polar surface area (TPSA) is 113 Å². The van der Waals surface area contributed by atoms with Crippen molar-refractivity contribution in [3.63, 3.8) is 0 Å². The number of aliphatic carboxylic acids is 1. The molecular weight excluding hydrogens is 240 g/mol. The maximum absolute atomic E-state index is 11.3. The van der Waals surface area contributed by atoms with Gasteiger partial charge in [-0.05, 0) is 6.07 Å². The Hall–Kier alpha value is -2.22. The second-order valence-electron chi connectivity index (χ2n) is 3.33. The van der Waals surface area contributed by atoms with E-state index < -0.39 is 18.1 Å². The summed E-state index contributed by atoms with van der Waals surface area (Å²) >= 11 is 0. The molecule has 1 aromatic heterocycles. The van der Waals surface area contributed by atoms with Gasteiger partial charge in [0.05, 0.1) is 18.8 Å². The molecule has 8 heteroatoms. The van der Waals surface area contributed by atoms with Crippen molar-refractivity contribution in [3.8, 4) is 0 Å². The van der Waals surface area contributed by atoms with E-state index in [1.54, 1.807) is 12.3 Å². The molecule has 2 amide bonds. The Morgan fingerprint density at radius 1 is 1.50 bits per heavy atom. The third-order valence-electron chi connectivity index (χ3n) is 2.08. The molecule has 3 N–H and O–H groups in total. The van der Waals surface area contributed by atoms with Gasteiger partial charge in [0.25, 0.3) is 0 Å². The van der Waals surface area contributed by atoms with Crippen molar-refractivity contribution < 1.29 is 19.4 Å². The maximum atomic E-state index is 11.3. The van der Waals surface area contributed by atoms with Crippen LogP contribution < -0.4 is 10.6 Å². The van der Waals surface area contributed by atoms with Gasteiger partial charge in [0.15, 0.2) is 6.10 Å². The highest BCUT2D eigenvalue weighted by atomic mass is 16.5. The van der Waals surface area contributed by atoms with Gasteiger partial charge < -0.3 is 20.5 Å². The Morgan fingerprint density at radius 3 is 2.83 bits per heavy atom. The van der Waals surface area contributed by atoms with Crippen molar-refractivity contribution in [3.05, 3.63) is 24.3 Å². The Morgan fingerprint density at radius 2 is 2.28 bits per heavy atom. The predicted molar refractivity (Wildman–Crippen MR) is 60.7 cm³/mol. The Bertz CT molecular complexity index is 398. The zero-order valence-electron chi connectivity index (χ0n) is 9.79. The largest absolute Gasteiger partial charge is 0.479 e. The van der Waals surface area contributed by atoms with Gasteiger partial charge in [-0.25, -0.2) is 19.6 Å². The van der Waals surface area contributed by atoms with Gasteiger partial charge in [-0.3, -0.25) is 0 Å². The highest BCUT2D eigenvalue weighted by Gasteiger charge is 2.16. The molecule has 0 spiro atoms. The Labute approximate surface area is 103 Å². The van der Waals surface area contributed by atoms with E-state index in [0.29, 0.717) is 5.69 Å². The molecule has 0 aliphatic heterocycles. The number of hydrogen-bond donors (Lipinski definition) is 3. The van der Waals surface area contributed by atoms with Gasteiger partial charge in [0, 0.05) is 13.3 Å². The van der Waals surface area contributed by atoms with Crippen LogP contribution >= 0.6 is 0 Å². The molecular formula is C10H14N4O4. The molecule has 0 fully saturated rings. The van der Waals surface area contributed by atoms with E-state index in [2.05, 4.69) is 25.3 Å². The van der Waals surface area contributed by atoms with Crippen molar-refractivity contribution in [2.45, 2.75) is 12.6 Å². The summed E-state index contributed by atoms with van der Waals surface area (Å²) in [4.78, 5) is 29.6. The molecule has 0 saturated heterocycles. The lowest BCUT2D eigenvalue weighted by Crippen LogP contribution is -2.42. The van der Waals surface area contributed by atoms with E-state index in [4.69, 9.17) is 5.11 Å². The van der Waals surface area contributed by atoms with Crippen LogP contribution in [0.5, 0.6) is 0 Å². The van der Waals surface area contributed by atoms with Crippen molar-refractivity contribution >= 4 is 12.0 Å². The lowest BCUT2D eigenvalue weighted by atomic mass is 10.3. The third kappa shape index (κ3) is 4.74. The summed E-state index contributed by atoms with van der Waals surface area (Å²) in [6, 6.07) is 1.17. The summed E-state index contributed by atoms with van der Waals surface area (Å²) in [6.45, 7) is 0.126. The van der Waals surface area contributed by atoms with Crippen LogP contribution in [0, 0.1) is 0 Å². The normalized spacial score (nSPS) is 11.6. The summed E-state index contributed by atoms with van der Waals surface area (Å²) < 4.78 is 4.66. The van der Waals surface area contributed by atoms with Crippen molar-refractivity contribution in [2.24, 2.45) is 0 Å². The Kier molecular flexibility index (Phi) is 5.52. The molecule has 0 bridgehead atoms. The average Bonchev–Trinajstić information content (AvgIpc) is 2.38. The molecule has 1 unspecified atom stereocenters. The van der Waals surface area contributed by atoms with Crippen LogP contribution in [0.15, 0.2) is 18.6 Å². The minimum Gasteiger partial charge on any atom is -0.479 e. The minimum atomic E-state index is -1.13. The lowest BCUT2D eigenvalue weighted by molar-refractivity contribution is -0.147. The van der Waals surface area contributed by atoms with Gasteiger partial charge in [0.1, 0.15) is 6.33 Å². The number of amides is 2. The van der Waals surface area contributed by atoms with E-state index in [-0.39, 0.29) is 13.1 Å². The fraction of sp³-hybridized carbons (Fsp3) is 0.400. The van der Waals surface area contributed by atoms with E-state index in [0.717, 1.165) is 0 Å². The van der Waals surface area contributed by atoms with Crippen LogP contribution in [0.4, 0.5) is 4.79 Å². The number of urea groups is 1. The van der Waals surface area contributed by atoms with Gasteiger partial charge in [-0.15, -0.1) is 0 Å². The van der Waals surface area contributed by atoms with E-state index in [1.165, 1.54) is 13.4 Å². The molecule has 1 aromatic rings. The molecule has 0 radical (unpaired) electrons. The van der Waals surface area contributed by atoms with Crippen LogP contribution in [0.2, 0.25) is 0 Å². The number of carbonyl (C=O) groups is 2. The molecule has 0 saturated carbocycles. The lowest BCUT2D eigenvalue weighted by Gasteiger charge is -2.12. The predicted octanol–water partition coefficient (Wildman–Crippen LogP) is -0.625. The molecule has 0 aliphatic carbocycles. The van der Waals surface area contributed by atoms with Crippen molar-refractivity contribution in [1.82, 2.24) is 20.6 Å². The zero-order valence-corrected chi connectivity index (χ0v) is 9.79. The number of methoxy groups -OCH3 is 1. The molecule has 1 rings (SSSR count). The molecule has 0 aromatic carbocycles. The van der Waals surface area contributed by atoms with E-state index in [9.17, 15) is 9.59 Å². The van der Waals surface area contributed by atoms with Gasteiger partial charge in [-0.2, -0.15) is 0 Å². The van der Waals surface area contributed by atoms with Crippen LogP contribution in [-0.4, -0.2) is 46.8 Å². The van der Waals surface area contributed by atoms with Crippen LogP contribution in [0.1, 0.15) is 5.69 Å². The van der Waals surface area contributed by atoms with Crippen molar-refractivity contribution in [2.75, 3.05) is 13.7 Å². The molecule has 1 atom stereocenters. The fourth-order valence-corrected chi connectivity index (χ4v) is 1.11.